The maximum absolute atomic E-state index is 14.0. The number of carbonyl (C=O) groups excluding carboxylic acids is 1. The molecule has 2 aliphatic rings. The monoisotopic (exact) mass is 407 g/mol. The molecular formula is C23H22FN3O3. The smallest absolute Gasteiger partial charge is 0.267 e. The minimum Gasteiger partial charge on any atom is -0.485 e. The van der Waals surface area contributed by atoms with Gasteiger partial charge in [0.2, 0.25) is 6.10 Å². The highest BCUT2D eigenvalue weighted by molar-refractivity contribution is 5.82. The maximum Gasteiger partial charge on any atom is 0.267 e. The van der Waals surface area contributed by atoms with Crippen molar-refractivity contribution in [1.29, 1.82) is 0 Å². The highest BCUT2D eigenvalue weighted by atomic mass is 19.1. The van der Waals surface area contributed by atoms with E-state index in [4.69, 9.17) is 9.47 Å². The van der Waals surface area contributed by atoms with Crippen molar-refractivity contribution in [1.82, 2.24) is 14.8 Å². The van der Waals surface area contributed by atoms with Crippen LogP contribution in [0.5, 0.6) is 11.5 Å². The largest absolute Gasteiger partial charge is 0.485 e. The fourth-order valence-corrected chi connectivity index (χ4v) is 4.06. The number of amides is 1. The average Bonchev–Trinajstić information content (AvgIpc) is 2.78. The van der Waals surface area contributed by atoms with E-state index in [0.717, 1.165) is 16.5 Å². The van der Waals surface area contributed by atoms with E-state index >= 15 is 0 Å². The third-order valence-electron chi connectivity index (χ3n) is 5.61. The van der Waals surface area contributed by atoms with E-state index < -0.39 is 6.10 Å². The van der Waals surface area contributed by atoms with E-state index in [1.807, 2.05) is 41.3 Å². The third-order valence-corrected chi connectivity index (χ3v) is 5.61. The minimum atomic E-state index is -0.622. The van der Waals surface area contributed by atoms with Crippen LogP contribution in [0.25, 0.3) is 10.9 Å². The van der Waals surface area contributed by atoms with Crippen molar-refractivity contribution in [3.63, 3.8) is 0 Å². The Labute approximate surface area is 173 Å². The second kappa shape index (κ2) is 7.91. The molecule has 0 N–H and O–H groups in total. The van der Waals surface area contributed by atoms with Crippen molar-refractivity contribution in [3.8, 4) is 11.5 Å². The zero-order valence-corrected chi connectivity index (χ0v) is 16.5. The first-order valence-electron chi connectivity index (χ1n) is 10.1. The molecule has 7 heteroatoms. The molecule has 1 saturated heterocycles. The van der Waals surface area contributed by atoms with Crippen LogP contribution >= 0.6 is 0 Å². The van der Waals surface area contributed by atoms with Crippen LogP contribution in [0, 0.1) is 5.82 Å². The normalized spacial score (nSPS) is 19.1. The second-order valence-corrected chi connectivity index (χ2v) is 7.61. The molecule has 3 heterocycles. The first-order chi connectivity index (χ1) is 14.7. The number of hydrogen-bond acceptors (Lipinski definition) is 5. The molecule has 1 atom stereocenters. The average molecular weight is 407 g/mol. The van der Waals surface area contributed by atoms with E-state index in [2.05, 4.69) is 9.88 Å². The molecule has 2 aliphatic heterocycles. The Balaban J connectivity index is 1.22. The lowest BCUT2D eigenvalue weighted by atomic mass is 10.1. The van der Waals surface area contributed by atoms with Crippen LogP contribution in [0.15, 0.2) is 54.7 Å². The summed E-state index contributed by atoms with van der Waals surface area (Å²) in [6.07, 6.45) is 1.10. The van der Waals surface area contributed by atoms with Gasteiger partial charge in [0.25, 0.3) is 5.91 Å². The zero-order chi connectivity index (χ0) is 20.5. The molecule has 2 aromatic carbocycles. The third kappa shape index (κ3) is 3.68. The molecule has 3 aromatic rings. The fraction of sp³-hybridized carbons (Fsp3) is 0.304. The summed E-state index contributed by atoms with van der Waals surface area (Å²) in [6.45, 7) is 3.43. The Hall–Kier alpha value is -3.19. The number of piperazine rings is 1. The molecule has 1 fully saturated rings. The summed E-state index contributed by atoms with van der Waals surface area (Å²) < 4.78 is 25.5. The molecule has 154 valence electrons. The molecule has 6 nitrogen and oxygen atoms in total. The molecule has 1 unspecified atom stereocenters. The number of halogens is 1. The van der Waals surface area contributed by atoms with Gasteiger partial charge in [0.15, 0.2) is 11.5 Å². The molecule has 30 heavy (non-hydrogen) atoms. The summed E-state index contributed by atoms with van der Waals surface area (Å²) in [6, 6.07) is 14.1. The predicted molar refractivity (Wildman–Crippen MR) is 110 cm³/mol. The number of carbonyl (C=O) groups is 1. The van der Waals surface area contributed by atoms with Crippen LogP contribution in [-0.4, -0.2) is 59.6 Å². The number of nitrogens with zero attached hydrogens (tertiary/aromatic N) is 3. The summed E-state index contributed by atoms with van der Waals surface area (Å²) in [5.74, 6) is 0.963. The lowest BCUT2D eigenvalue weighted by Crippen LogP contribution is -2.53. The van der Waals surface area contributed by atoms with Crippen LogP contribution in [0.4, 0.5) is 4.39 Å². The number of para-hydroxylation sites is 2. The summed E-state index contributed by atoms with van der Waals surface area (Å²) >= 11 is 0. The van der Waals surface area contributed by atoms with Gasteiger partial charge in [-0.1, -0.05) is 18.2 Å². The van der Waals surface area contributed by atoms with E-state index in [1.54, 1.807) is 12.3 Å². The number of pyridine rings is 1. The number of fused-ring (bicyclic) bond motifs is 2. The van der Waals surface area contributed by atoms with Crippen LogP contribution in [0.2, 0.25) is 0 Å². The van der Waals surface area contributed by atoms with Gasteiger partial charge in [-0.05, 0) is 35.9 Å². The lowest BCUT2D eigenvalue weighted by molar-refractivity contribution is -0.143. The van der Waals surface area contributed by atoms with Gasteiger partial charge in [0.1, 0.15) is 12.4 Å². The standard InChI is InChI=1S/C23H22FN3O3/c24-18-12-16-4-3-7-25-22(16)17(13-18)14-26-8-10-27(11-9-26)23(28)21-15-29-19-5-1-2-6-20(19)30-21/h1-7,12-13,21H,8-11,14-15H2. The Morgan fingerprint density at radius 3 is 2.70 bits per heavy atom. The lowest BCUT2D eigenvalue weighted by Gasteiger charge is -2.37. The van der Waals surface area contributed by atoms with Crippen molar-refractivity contribution >= 4 is 16.8 Å². The van der Waals surface area contributed by atoms with Gasteiger partial charge in [-0.25, -0.2) is 4.39 Å². The van der Waals surface area contributed by atoms with Gasteiger partial charge in [-0.15, -0.1) is 0 Å². The molecule has 0 radical (unpaired) electrons. The van der Waals surface area contributed by atoms with Gasteiger partial charge in [0, 0.05) is 44.3 Å². The second-order valence-electron chi connectivity index (χ2n) is 7.61. The topological polar surface area (TPSA) is 54.9 Å². The van der Waals surface area contributed by atoms with Gasteiger partial charge in [0.05, 0.1) is 5.52 Å². The Kier molecular flexibility index (Phi) is 4.96. The van der Waals surface area contributed by atoms with Gasteiger partial charge < -0.3 is 14.4 Å². The van der Waals surface area contributed by atoms with Gasteiger partial charge >= 0.3 is 0 Å². The molecule has 0 bridgehead atoms. The SMILES string of the molecule is O=C(C1COc2ccccc2O1)N1CCN(Cc2cc(F)cc3cccnc23)CC1. The number of rotatable bonds is 3. The molecule has 1 aromatic heterocycles. The van der Waals surface area contributed by atoms with Crippen molar-refractivity contribution in [2.24, 2.45) is 0 Å². The number of aromatic nitrogens is 1. The van der Waals surface area contributed by atoms with Crippen LogP contribution < -0.4 is 9.47 Å². The molecule has 0 spiro atoms. The van der Waals surface area contributed by atoms with Crippen LogP contribution in [0.3, 0.4) is 0 Å². The molecule has 0 aliphatic carbocycles. The summed E-state index contributed by atoms with van der Waals surface area (Å²) in [5.41, 5.74) is 1.69. The highest BCUT2D eigenvalue weighted by Gasteiger charge is 2.32. The number of hydrogen-bond donors (Lipinski definition) is 0. The Morgan fingerprint density at radius 2 is 1.87 bits per heavy atom. The summed E-state index contributed by atoms with van der Waals surface area (Å²) in [7, 11) is 0. The Bertz CT molecular complexity index is 1080. The van der Waals surface area contributed by atoms with Gasteiger partial charge in [-0.3, -0.25) is 14.7 Å². The summed E-state index contributed by atoms with van der Waals surface area (Å²) in [5, 5.41) is 0.802. The maximum atomic E-state index is 14.0. The predicted octanol–water partition coefficient (Wildman–Crippen LogP) is 2.86. The number of ether oxygens (including phenoxy) is 2. The van der Waals surface area contributed by atoms with E-state index in [0.29, 0.717) is 44.2 Å². The molecule has 1 amide bonds. The first kappa shape index (κ1) is 18.8. The van der Waals surface area contributed by atoms with E-state index in [1.165, 1.54) is 6.07 Å². The molecule has 5 rings (SSSR count). The molecular weight excluding hydrogens is 385 g/mol. The quantitative estimate of drug-likeness (QED) is 0.668. The number of benzene rings is 2. The zero-order valence-electron chi connectivity index (χ0n) is 16.5. The molecule has 0 saturated carbocycles. The first-order valence-corrected chi connectivity index (χ1v) is 10.1. The van der Waals surface area contributed by atoms with Crippen molar-refractivity contribution < 1.29 is 18.7 Å². The van der Waals surface area contributed by atoms with Crippen molar-refractivity contribution in [3.05, 3.63) is 66.1 Å². The minimum absolute atomic E-state index is 0.0537. The van der Waals surface area contributed by atoms with E-state index in [9.17, 15) is 9.18 Å². The Morgan fingerprint density at radius 1 is 1.07 bits per heavy atom. The highest BCUT2D eigenvalue weighted by Crippen LogP contribution is 2.31. The van der Waals surface area contributed by atoms with Gasteiger partial charge in [-0.2, -0.15) is 0 Å². The van der Waals surface area contributed by atoms with Crippen LogP contribution in [0.1, 0.15) is 5.56 Å². The van der Waals surface area contributed by atoms with Crippen molar-refractivity contribution in [2.45, 2.75) is 12.6 Å². The van der Waals surface area contributed by atoms with E-state index in [-0.39, 0.29) is 18.3 Å². The fourth-order valence-electron chi connectivity index (χ4n) is 4.06. The van der Waals surface area contributed by atoms with Crippen molar-refractivity contribution in [2.75, 3.05) is 32.8 Å². The summed E-state index contributed by atoms with van der Waals surface area (Å²) in [4.78, 5) is 21.4. The van der Waals surface area contributed by atoms with Crippen LogP contribution in [-0.2, 0) is 11.3 Å².